The molecule has 14 heavy (non-hydrogen) atoms. The molecule has 0 fully saturated rings. The minimum absolute atomic E-state index is 0.234. The molecule has 0 saturated heterocycles. The van der Waals surface area contributed by atoms with Crippen molar-refractivity contribution >= 4 is 5.91 Å². The van der Waals surface area contributed by atoms with Gasteiger partial charge in [-0.2, -0.15) is 5.26 Å². The summed E-state index contributed by atoms with van der Waals surface area (Å²) in [6.07, 6.45) is 7.79. The molecule has 1 amide bonds. The molecule has 4 heteroatoms. The van der Waals surface area contributed by atoms with Crippen LogP contribution in [0.25, 0.3) is 0 Å². The highest BCUT2D eigenvalue weighted by Crippen LogP contribution is 2.20. The average molecular weight is 192 g/mol. The van der Waals surface area contributed by atoms with E-state index in [9.17, 15) is 4.79 Å². The van der Waals surface area contributed by atoms with Crippen molar-refractivity contribution in [1.29, 1.82) is 5.26 Å². The number of hydrogen-bond acceptors (Lipinski definition) is 3. The molecule has 74 valence electrons. The molecule has 1 atom stereocenters. The van der Waals surface area contributed by atoms with Gasteiger partial charge in [-0.25, -0.2) is 10.3 Å². The first kappa shape index (κ1) is 10.5. The maximum atomic E-state index is 10.9. The lowest BCUT2D eigenvalue weighted by Crippen LogP contribution is -2.38. The maximum absolute atomic E-state index is 10.9. The summed E-state index contributed by atoms with van der Waals surface area (Å²) in [4.78, 5) is 16.0. The second kappa shape index (κ2) is 4.58. The SMILES string of the molecule is CCC(=O)NOC1(C#N)C=CC=CC1. The van der Waals surface area contributed by atoms with Gasteiger partial charge in [-0.05, 0) is 6.08 Å². The van der Waals surface area contributed by atoms with Gasteiger partial charge < -0.3 is 0 Å². The molecule has 1 unspecified atom stereocenters. The van der Waals surface area contributed by atoms with Gasteiger partial charge in [0, 0.05) is 12.8 Å². The number of carbonyl (C=O) groups is 1. The largest absolute Gasteiger partial charge is 0.273 e. The fourth-order valence-corrected chi connectivity index (χ4v) is 1.00. The Morgan fingerprint density at radius 3 is 3.00 bits per heavy atom. The Labute approximate surface area is 82.8 Å². The van der Waals surface area contributed by atoms with Crippen molar-refractivity contribution in [2.24, 2.45) is 0 Å². The topological polar surface area (TPSA) is 62.1 Å². The van der Waals surface area contributed by atoms with E-state index in [1.54, 1.807) is 19.1 Å². The summed E-state index contributed by atoms with van der Waals surface area (Å²) in [5.74, 6) is -0.234. The zero-order valence-corrected chi connectivity index (χ0v) is 7.99. The van der Waals surface area contributed by atoms with Crippen molar-refractivity contribution < 1.29 is 9.63 Å². The van der Waals surface area contributed by atoms with Crippen LogP contribution in [0.3, 0.4) is 0 Å². The number of hydrogen-bond donors (Lipinski definition) is 1. The normalized spacial score (nSPS) is 24.3. The third kappa shape index (κ3) is 2.44. The maximum Gasteiger partial charge on any atom is 0.243 e. The van der Waals surface area contributed by atoms with Crippen molar-refractivity contribution in [2.45, 2.75) is 25.4 Å². The summed E-state index contributed by atoms with van der Waals surface area (Å²) in [5, 5.41) is 8.92. The Bertz CT molecular complexity index is 315. The van der Waals surface area contributed by atoms with E-state index < -0.39 is 5.60 Å². The van der Waals surface area contributed by atoms with Gasteiger partial charge in [0.05, 0.1) is 0 Å². The van der Waals surface area contributed by atoms with Crippen LogP contribution in [-0.2, 0) is 9.63 Å². The van der Waals surface area contributed by atoms with Crippen LogP contribution in [0, 0.1) is 11.3 Å². The van der Waals surface area contributed by atoms with Crippen LogP contribution in [0.2, 0.25) is 0 Å². The lowest BCUT2D eigenvalue weighted by Gasteiger charge is -2.22. The van der Waals surface area contributed by atoms with E-state index in [0.717, 1.165) is 0 Å². The van der Waals surface area contributed by atoms with Crippen LogP contribution in [-0.4, -0.2) is 11.5 Å². The third-order valence-corrected chi connectivity index (χ3v) is 1.89. The summed E-state index contributed by atoms with van der Waals surface area (Å²) in [6.45, 7) is 1.72. The summed E-state index contributed by atoms with van der Waals surface area (Å²) >= 11 is 0. The van der Waals surface area contributed by atoms with Crippen LogP contribution in [0.5, 0.6) is 0 Å². The lowest BCUT2D eigenvalue weighted by molar-refractivity contribution is -0.140. The van der Waals surface area contributed by atoms with Gasteiger partial charge in [0.25, 0.3) is 0 Å². The van der Waals surface area contributed by atoms with Gasteiger partial charge in [-0.3, -0.25) is 4.79 Å². The van der Waals surface area contributed by atoms with E-state index in [2.05, 4.69) is 5.48 Å². The molecule has 0 aromatic carbocycles. The second-order valence-electron chi connectivity index (χ2n) is 2.97. The number of nitriles is 1. The standard InChI is InChI=1S/C10H12N2O2/c1-2-9(13)12-14-10(8-11)6-4-3-5-7-10/h3-6H,2,7H2,1H3,(H,12,13). The van der Waals surface area contributed by atoms with Gasteiger partial charge in [0.15, 0.2) is 0 Å². The number of allylic oxidation sites excluding steroid dienone is 2. The molecule has 0 heterocycles. The molecular weight excluding hydrogens is 180 g/mol. The molecule has 0 aromatic rings. The van der Waals surface area contributed by atoms with Crippen molar-refractivity contribution in [2.75, 3.05) is 0 Å². The van der Waals surface area contributed by atoms with Gasteiger partial charge in [0.2, 0.25) is 11.5 Å². The molecule has 1 aliphatic rings. The Morgan fingerprint density at radius 2 is 2.50 bits per heavy atom. The average Bonchev–Trinajstić information content (AvgIpc) is 2.27. The van der Waals surface area contributed by atoms with E-state index in [4.69, 9.17) is 10.1 Å². The van der Waals surface area contributed by atoms with Gasteiger partial charge in [0.1, 0.15) is 6.07 Å². The van der Waals surface area contributed by atoms with Crippen molar-refractivity contribution in [1.82, 2.24) is 5.48 Å². The fourth-order valence-electron chi connectivity index (χ4n) is 1.00. The first-order chi connectivity index (χ1) is 6.72. The third-order valence-electron chi connectivity index (χ3n) is 1.89. The zero-order valence-electron chi connectivity index (χ0n) is 7.99. The molecule has 1 aliphatic carbocycles. The van der Waals surface area contributed by atoms with Crippen LogP contribution in [0.4, 0.5) is 0 Å². The Hall–Kier alpha value is -1.60. The first-order valence-corrected chi connectivity index (χ1v) is 4.45. The smallest absolute Gasteiger partial charge is 0.243 e. The minimum Gasteiger partial charge on any atom is -0.273 e. The molecule has 0 aromatic heterocycles. The first-order valence-electron chi connectivity index (χ1n) is 4.45. The van der Waals surface area contributed by atoms with Crippen molar-refractivity contribution in [3.05, 3.63) is 24.3 Å². The number of nitrogens with one attached hydrogen (secondary N) is 1. The highest BCUT2D eigenvalue weighted by molar-refractivity contribution is 5.74. The van der Waals surface area contributed by atoms with Crippen molar-refractivity contribution in [3.63, 3.8) is 0 Å². The van der Waals surface area contributed by atoms with E-state index in [-0.39, 0.29) is 5.91 Å². The summed E-state index contributed by atoms with van der Waals surface area (Å²) in [5.41, 5.74) is 1.21. The fraction of sp³-hybridized carbons (Fsp3) is 0.400. The van der Waals surface area contributed by atoms with Crippen molar-refractivity contribution in [3.8, 4) is 6.07 Å². The predicted octanol–water partition coefficient (Wildman–Crippen LogP) is 1.22. The molecule has 4 nitrogen and oxygen atoms in total. The van der Waals surface area contributed by atoms with E-state index in [1.165, 1.54) is 0 Å². The Balaban J connectivity index is 2.56. The summed E-state index contributed by atoms with van der Waals surface area (Å²) in [6, 6.07) is 2.02. The van der Waals surface area contributed by atoms with Crippen LogP contribution < -0.4 is 5.48 Å². The molecule has 1 N–H and O–H groups in total. The number of nitrogens with zero attached hydrogens (tertiary/aromatic N) is 1. The predicted molar refractivity (Wildman–Crippen MR) is 50.8 cm³/mol. The molecular formula is C10H12N2O2. The lowest BCUT2D eigenvalue weighted by atomic mass is 9.97. The van der Waals surface area contributed by atoms with Gasteiger partial charge in [-0.15, -0.1) is 0 Å². The quantitative estimate of drug-likeness (QED) is 0.684. The monoisotopic (exact) mass is 192 g/mol. The number of hydroxylamine groups is 1. The highest BCUT2D eigenvalue weighted by Gasteiger charge is 2.29. The number of amides is 1. The zero-order chi connectivity index (χ0) is 10.4. The minimum atomic E-state index is -1.04. The van der Waals surface area contributed by atoms with Gasteiger partial charge in [-0.1, -0.05) is 25.2 Å². The van der Waals surface area contributed by atoms with E-state index >= 15 is 0 Å². The molecule has 0 bridgehead atoms. The number of carbonyl (C=O) groups excluding carboxylic acids is 1. The Morgan fingerprint density at radius 1 is 1.71 bits per heavy atom. The van der Waals surface area contributed by atoms with Crippen LogP contribution in [0.15, 0.2) is 24.3 Å². The van der Waals surface area contributed by atoms with Gasteiger partial charge >= 0.3 is 0 Å². The van der Waals surface area contributed by atoms with Crippen LogP contribution >= 0.6 is 0 Å². The summed E-state index contributed by atoms with van der Waals surface area (Å²) < 4.78 is 0. The number of rotatable bonds is 3. The molecule has 0 spiro atoms. The molecule has 0 aliphatic heterocycles. The summed E-state index contributed by atoms with van der Waals surface area (Å²) in [7, 11) is 0. The Kier molecular flexibility index (Phi) is 3.43. The van der Waals surface area contributed by atoms with E-state index in [1.807, 2.05) is 18.2 Å². The highest BCUT2D eigenvalue weighted by atomic mass is 16.7. The molecule has 0 radical (unpaired) electrons. The molecule has 0 saturated carbocycles. The molecule has 1 rings (SSSR count). The van der Waals surface area contributed by atoms with E-state index in [0.29, 0.717) is 12.8 Å². The van der Waals surface area contributed by atoms with Crippen LogP contribution in [0.1, 0.15) is 19.8 Å². The second-order valence-corrected chi connectivity index (χ2v) is 2.97.